The summed E-state index contributed by atoms with van der Waals surface area (Å²) in [5, 5.41) is 19.0. The molecule has 0 radical (unpaired) electrons. The predicted octanol–water partition coefficient (Wildman–Crippen LogP) is 2.93. The first kappa shape index (κ1) is 17.6. The van der Waals surface area contributed by atoms with Crippen LogP contribution in [0.4, 0.5) is 0 Å². The summed E-state index contributed by atoms with van der Waals surface area (Å²) in [6, 6.07) is 0. The topological polar surface area (TPSA) is 57.5 Å². The highest BCUT2D eigenvalue weighted by atomic mass is 16.3. The fraction of sp³-hybridized carbons (Fsp3) is 0.933. The molecule has 0 bridgehead atoms. The molecule has 0 aliphatic rings. The van der Waals surface area contributed by atoms with Gasteiger partial charge >= 0.3 is 0 Å². The van der Waals surface area contributed by atoms with E-state index in [0.29, 0.717) is 12.8 Å². The molecule has 4 atom stereocenters. The van der Waals surface area contributed by atoms with Crippen molar-refractivity contribution < 1.29 is 15.0 Å². The Hall–Kier alpha value is -0.410. The largest absolute Gasteiger partial charge is 0.393 e. The van der Waals surface area contributed by atoms with E-state index in [0.717, 1.165) is 25.7 Å². The first-order valence-electron chi connectivity index (χ1n) is 7.32. The fourth-order valence-electron chi connectivity index (χ4n) is 2.06. The monoisotopic (exact) mass is 258 g/mol. The maximum Gasteiger partial charge on any atom is 0.138 e. The van der Waals surface area contributed by atoms with Crippen molar-refractivity contribution in [2.24, 2.45) is 11.8 Å². The smallest absolute Gasteiger partial charge is 0.138 e. The number of ketones is 1. The molecular weight excluding hydrogens is 228 g/mol. The zero-order valence-electron chi connectivity index (χ0n) is 12.4. The molecule has 3 nitrogen and oxygen atoms in total. The van der Waals surface area contributed by atoms with Gasteiger partial charge in [0, 0.05) is 11.8 Å². The van der Waals surface area contributed by atoms with Crippen molar-refractivity contribution in [2.75, 3.05) is 0 Å². The molecule has 0 rings (SSSR count). The summed E-state index contributed by atoms with van der Waals surface area (Å²) in [5.74, 6) is 0.293. The highest BCUT2D eigenvalue weighted by molar-refractivity contribution is 5.82. The van der Waals surface area contributed by atoms with Crippen molar-refractivity contribution in [1.29, 1.82) is 0 Å². The van der Waals surface area contributed by atoms with E-state index in [1.807, 2.05) is 27.7 Å². The van der Waals surface area contributed by atoms with Gasteiger partial charge in [-0.05, 0) is 38.5 Å². The average Bonchev–Trinajstić information content (AvgIpc) is 2.39. The van der Waals surface area contributed by atoms with Gasteiger partial charge in [0.25, 0.3) is 0 Å². The number of aliphatic hydroxyl groups is 2. The third-order valence-electron chi connectivity index (χ3n) is 3.78. The third-order valence-corrected chi connectivity index (χ3v) is 3.78. The van der Waals surface area contributed by atoms with Crippen LogP contribution in [-0.4, -0.2) is 28.2 Å². The van der Waals surface area contributed by atoms with Crippen molar-refractivity contribution in [1.82, 2.24) is 0 Å². The maximum atomic E-state index is 12.1. The summed E-state index contributed by atoms with van der Waals surface area (Å²) < 4.78 is 0. The summed E-state index contributed by atoms with van der Waals surface area (Å²) in [4.78, 5) is 12.1. The van der Waals surface area contributed by atoms with Crippen LogP contribution in [-0.2, 0) is 4.79 Å². The Labute approximate surface area is 112 Å². The molecule has 0 aromatic carbocycles. The van der Waals surface area contributed by atoms with Crippen LogP contribution in [0.2, 0.25) is 0 Å². The predicted molar refractivity (Wildman–Crippen MR) is 74.4 cm³/mol. The van der Waals surface area contributed by atoms with E-state index < -0.39 is 0 Å². The highest BCUT2D eigenvalue weighted by Crippen LogP contribution is 2.19. The quantitative estimate of drug-likeness (QED) is 0.633. The van der Waals surface area contributed by atoms with Crippen LogP contribution in [0.25, 0.3) is 0 Å². The Morgan fingerprint density at radius 3 is 1.44 bits per heavy atom. The molecule has 18 heavy (non-hydrogen) atoms. The molecule has 0 saturated carbocycles. The molecule has 0 aromatic rings. The Balaban J connectivity index is 3.96. The number of carbonyl (C=O) groups excluding carboxylic acids is 1. The standard InChI is InChI=1S/C15H30O3/c1-5-13(16)9-7-11(3)15(18)12(4)8-10-14(17)6-2/h11-14,16-17H,5-10H2,1-4H3. The van der Waals surface area contributed by atoms with Crippen molar-refractivity contribution in [3.8, 4) is 0 Å². The van der Waals surface area contributed by atoms with Crippen LogP contribution in [0.5, 0.6) is 0 Å². The number of aliphatic hydroxyl groups excluding tert-OH is 2. The molecule has 0 heterocycles. The van der Waals surface area contributed by atoms with E-state index in [-0.39, 0.29) is 29.8 Å². The van der Waals surface area contributed by atoms with Gasteiger partial charge in [-0.3, -0.25) is 4.79 Å². The molecule has 0 aromatic heterocycles. The van der Waals surface area contributed by atoms with Gasteiger partial charge in [0.1, 0.15) is 5.78 Å². The highest BCUT2D eigenvalue weighted by Gasteiger charge is 2.21. The second-order valence-corrected chi connectivity index (χ2v) is 5.48. The van der Waals surface area contributed by atoms with Gasteiger partial charge in [0.05, 0.1) is 12.2 Å². The van der Waals surface area contributed by atoms with Crippen LogP contribution in [0, 0.1) is 11.8 Å². The van der Waals surface area contributed by atoms with Crippen LogP contribution < -0.4 is 0 Å². The number of Topliss-reactive ketones (excluding diaryl/α,β-unsaturated/α-hetero) is 1. The molecule has 0 saturated heterocycles. The Bertz CT molecular complexity index is 206. The second-order valence-electron chi connectivity index (χ2n) is 5.48. The number of hydrogen-bond donors (Lipinski definition) is 2. The second kappa shape index (κ2) is 9.51. The lowest BCUT2D eigenvalue weighted by molar-refractivity contribution is -0.126. The lowest BCUT2D eigenvalue weighted by Crippen LogP contribution is -2.22. The van der Waals surface area contributed by atoms with Gasteiger partial charge in [-0.1, -0.05) is 27.7 Å². The van der Waals surface area contributed by atoms with E-state index >= 15 is 0 Å². The van der Waals surface area contributed by atoms with Crippen LogP contribution in [0.15, 0.2) is 0 Å². The fourth-order valence-corrected chi connectivity index (χ4v) is 2.06. The van der Waals surface area contributed by atoms with Gasteiger partial charge in [-0.15, -0.1) is 0 Å². The van der Waals surface area contributed by atoms with Crippen LogP contribution in [0.1, 0.15) is 66.2 Å². The molecule has 0 fully saturated rings. The Morgan fingerprint density at radius 2 is 1.17 bits per heavy atom. The van der Waals surface area contributed by atoms with Crippen molar-refractivity contribution in [3.63, 3.8) is 0 Å². The minimum absolute atomic E-state index is 0.0139. The summed E-state index contributed by atoms with van der Waals surface area (Å²) in [5.41, 5.74) is 0. The lowest BCUT2D eigenvalue weighted by Gasteiger charge is -2.18. The third kappa shape index (κ3) is 7.12. The van der Waals surface area contributed by atoms with Crippen LogP contribution in [0.3, 0.4) is 0 Å². The number of hydrogen-bond acceptors (Lipinski definition) is 3. The van der Waals surface area contributed by atoms with Gasteiger partial charge in [-0.25, -0.2) is 0 Å². The van der Waals surface area contributed by atoms with E-state index in [9.17, 15) is 15.0 Å². The summed E-state index contributed by atoms with van der Waals surface area (Å²) >= 11 is 0. The molecule has 0 aliphatic carbocycles. The number of rotatable bonds is 10. The lowest BCUT2D eigenvalue weighted by atomic mass is 9.87. The molecule has 0 aliphatic heterocycles. The minimum Gasteiger partial charge on any atom is -0.393 e. The zero-order chi connectivity index (χ0) is 14.1. The molecular formula is C15H30O3. The first-order valence-corrected chi connectivity index (χ1v) is 7.32. The van der Waals surface area contributed by atoms with Gasteiger partial charge in [0.2, 0.25) is 0 Å². The molecule has 2 N–H and O–H groups in total. The van der Waals surface area contributed by atoms with E-state index in [1.165, 1.54) is 0 Å². The van der Waals surface area contributed by atoms with E-state index in [1.54, 1.807) is 0 Å². The van der Waals surface area contributed by atoms with Gasteiger partial charge < -0.3 is 10.2 Å². The average molecular weight is 258 g/mol. The number of carbonyl (C=O) groups is 1. The Morgan fingerprint density at radius 1 is 0.833 bits per heavy atom. The van der Waals surface area contributed by atoms with Crippen molar-refractivity contribution in [2.45, 2.75) is 78.4 Å². The summed E-state index contributed by atoms with van der Waals surface area (Å²) in [7, 11) is 0. The zero-order valence-corrected chi connectivity index (χ0v) is 12.4. The van der Waals surface area contributed by atoms with E-state index in [2.05, 4.69) is 0 Å². The molecule has 4 unspecified atom stereocenters. The van der Waals surface area contributed by atoms with Crippen molar-refractivity contribution in [3.05, 3.63) is 0 Å². The summed E-state index contributed by atoms with van der Waals surface area (Å²) in [6.07, 6.45) is 3.86. The van der Waals surface area contributed by atoms with Gasteiger partial charge in [0.15, 0.2) is 0 Å². The molecule has 0 amide bonds. The normalized spacial score (nSPS) is 18.1. The first-order chi connectivity index (χ1) is 8.42. The maximum absolute atomic E-state index is 12.1. The van der Waals surface area contributed by atoms with E-state index in [4.69, 9.17) is 0 Å². The SMILES string of the molecule is CCC(O)CCC(C)C(=O)C(C)CCC(O)CC. The summed E-state index contributed by atoms with van der Waals surface area (Å²) in [6.45, 7) is 7.78. The molecule has 108 valence electrons. The van der Waals surface area contributed by atoms with Crippen molar-refractivity contribution >= 4 is 5.78 Å². The molecule has 0 spiro atoms. The Kier molecular flexibility index (Phi) is 9.29. The minimum atomic E-state index is -0.280. The van der Waals surface area contributed by atoms with Crippen LogP contribution >= 0.6 is 0 Å². The molecule has 3 heteroatoms. The van der Waals surface area contributed by atoms with Gasteiger partial charge in [-0.2, -0.15) is 0 Å².